The van der Waals surface area contributed by atoms with Crippen LogP contribution in [0.2, 0.25) is 0 Å². The third-order valence-electron chi connectivity index (χ3n) is 4.32. The molecule has 0 unspecified atom stereocenters. The molecule has 0 spiro atoms. The second-order valence-electron chi connectivity index (χ2n) is 5.44. The molecule has 2 saturated carbocycles. The fourth-order valence-corrected chi connectivity index (χ4v) is 2.66. The number of rotatable bonds is 3. The Kier molecular flexibility index (Phi) is 1.79. The molecular weight excluding hydrogens is 182 g/mol. The van der Waals surface area contributed by atoms with E-state index >= 15 is 0 Å². The van der Waals surface area contributed by atoms with E-state index in [0.717, 1.165) is 0 Å². The van der Waals surface area contributed by atoms with Crippen LogP contribution in [0.4, 0.5) is 0 Å². The molecule has 3 rings (SSSR count). The van der Waals surface area contributed by atoms with E-state index in [2.05, 4.69) is 43.6 Å². The third kappa shape index (κ3) is 1.33. The van der Waals surface area contributed by atoms with E-state index in [1.807, 2.05) is 0 Å². The van der Waals surface area contributed by atoms with Crippen molar-refractivity contribution in [2.45, 2.75) is 43.6 Å². The summed E-state index contributed by atoms with van der Waals surface area (Å²) < 4.78 is 0. The molecule has 15 heavy (non-hydrogen) atoms. The van der Waals surface area contributed by atoms with Gasteiger partial charge in [-0.25, -0.2) is 0 Å². The summed E-state index contributed by atoms with van der Waals surface area (Å²) in [6.45, 7) is 2.40. The van der Waals surface area contributed by atoms with Crippen LogP contribution >= 0.6 is 0 Å². The maximum absolute atomic E-state index is 3.51. The zero-order chi connectivity index (χ0) is 10.5. The quantitative estimate of drug-likeness (QED) is 0.793. The van der Waals surface area contributed by atoms with Crippen molar-refractivity contribution in [1.82, 2.24) is 5.32 Å². The van der Waals surface area contributed by atoms with Gasteiger partial charge >= 0.3 is 0 Å². The molecule has 80 valence electrons. The molecule has 0 saturated heterocycles. The lowest BCUT2D eigenvalue weighted by molar-refractivity contribution is 0.570. The highest BCUT2D eigenvalue weighted by Gasteiger charge is 2.48. The Morgan fingerprint density at radius 3 is 2.07 bits per heavy atom. The fourth-order valence-electron chi connectivity index (χ4n) is 2.66. The van der Waals surface area contributed by atoms with Crippen molar-refractivity contribution < 1.29 is 0 Å². The summed E-state index contributed by atoms with van der Waals surface area (Å²) in [7, 11) is 2.10. The Balaban J connectivity index is 2.07. The van der Waals surface area contributed by atoms with E-state index in [4.69, 9.17) is 0 Å². The van der Waals surface area contributed by atoms with Crippen LogP contribution in [0.15, 0.2) is 24.3 Å². The highest BCUT2D eigenvalue weighted by molar-refractivity contribution is 5.44. The summed E-state index contributed by atoms with van der Waals surface area (Å²) in [6, 6.07) is 9.03. The number of nitrogens with one attached hydrogen (secondary N) is 1. The minimum Gasteiger partial charge on any atom is -0.310 e. The highest BCUT2D eigenvalue weighted by Crippen LogP contribution is 2.54. The van der Waals surface area contributed by atoms with Gasteiger partial charge in [0.25, 0.3) is 0 Å². The average Bonchev–Trinajstić information content (AvgIpc) is 3.15. The lowest BCUT2D eigenvalue weighted by atomic mass is 9.88. The van der Waals surface area contributed by atoms with Crippen LogP contribution in [0.5, 0.6) is 0 Å². The fraction of sp³-hybridized carbons (Fsp3) is 0.571. The van der Waals surface area contributed by atoms with Gasteiger partial charge in [-0.1, -0.05) is 31.2 Å². The van der Waals surface area contributed by atoms with Gasteiger partial charge in [-0.05, 0) is 49.3 Å². The Hall–Kier alpha value is -0.820. The molecule has 1 aromatic rings. The molecule has 1 nitrogen and oxygen atoms in total. The first-order valence-electron chi connectivity index (χ1n) is 5.99. The molecule has 1 N–H and O–H groups in total. The number of benzene rings is 1. The van der Waals surface area contributed by atoms with Gasteiger partial charge in [-0.15, -0.1) is 0 Å². The van der Waals surface area contributed by atoms with Gasteiger partial charge in [0, 0.05) is 5.54 Å². The number of hydrogen-bond donors (Lipinski definition) is 1. The second-order valence-corrected chi connectivity index (χ2v) is 5.44. The van der Waals surface area contributed by atoms with Crippen LogP contribution in [-0.2, 0) is 11.0 Å². The van der Waals surface area contributed by atoms with Crippen LogP contribution in [0.1, 0.15) is 43.7 Å². The summed E-state index contributed by atoms with van der Waals surface area (Å²) in [5.41, 5.74) is 3.97. The highest BCUT2D eigenvalue weighted by atomic mass is 15.0. The Morgan fingerprint density at radius 1 is 1.00 bits per heavy atom. The van der Waals surface area contributed by atoms with Crippen LogP contribution in [0.3, 0.4) is 0 Å². The van der Waals surface area contributed by atoms with Gasteiger partial charge in [0.15, 0.2) is 0 Å². The van der Waals surface area contributed by atoms with Crippen LogP contribution < -0.4 is 5.32 Å². The maximum atomic E-state index is 3.51. The van der Waals surface area contributed by atoms with Gasteiger partial charge in [0.1, 0.15) is 0 Å². The molecule has 0 bridgehead atoms. The van der Waals surface area contributed by atoms with Crippen molar-refractivity contribution in [3.8, 4) is 0 Å². The second kappa shape index (κ2) is 2.85. The van der Waals surface area contributed by atoms with E-state index in [0.29, 0.717) is 11.0 Å². The van der Waals surface area contributed by atoms with Crippen LogP contribution in [0, 0.1) is 0 Å². The monoisotopic (exact) mass is 201 g/mol. The summed E-state index contributed by atoms with van der Waals surface area (Å²) in [4.78, 5) is 0. The molecule has 0 aliphatic heterocycles. The molecule has 2 aliphatic rings. The first-order valence-corrected chi connectivity index (χ1v) is 5.99. The molecular formula is C14H19N. The molecule has 1 heteroatoms. The van der Waals surface area contributed by atoms with Crippen LogP contribution in [-0.4, -0.2) is 7.05 Å². The third-order valence-corrected chi connectivity index (χ3v) is 4.32. The Labute approximate surface area is 91.9 Å². The summed E-state index contributed by atoms with van der Waals surface area (Å²) >= 11 is 0. The normalized spacial score (nSPS) is 24.9. The maximum Gasteiger partial charge on any atom is 0.0436 e. The Morgan fingerprint density at radius 2 is 1.60 bits per heavy atom. The van der Waals surface area contributed by atoms with E-state index in [9.17, 15) is 0 Å². The van der Waals surface area contributed by atoms with E-state index in [1.165, 1.54) is 25.7 Å². The molecule has 2 aliphatic carbocycles. The molecule has 0 atom stereocenters. The van der Waals surface area contributed by atoms with E-state index in [-0.39, 0.29) is 0 Å². The predicted octanol–water partition coefficient (Wildman–Crippen LogP) is 2.95. The minimum absolute atomic E-state index is 0.322. The van der Waals surface area contributed by atoms with Gasteiger partial charge in [0.2, 0.25) is 0 Å². The lowest BCUT2D eigenvalue weighted by Gasteiger charge is -2.22. The standard InChI is InChI=1S/C14H19N/c1-13(7-8-13)11-5-3-4-6-12(11)14(15-2)9-10-14/h3-6,15H,7-10H2,1-2H3. The topological polar surface area (TPSA) is 12.0 Å². The van der Waals surface area contributed by atoms with E-state index < -0.39 is 0 Å². The molecule has 0 amide bonds. The lowest BCUT2D eigenvalue weighted by Crippen LogP contribution is -2.27. The summed E-state index contributed by atoms with van der Waals surface area (Å²) in [5.74, 6) is 0. The van der Waals surface area contributed by atoms with Crippen molar-refractivity contribution in [1.29, 1.82) is 0 Å². The average molecular weight is 201 g/mol. The molecule has 0 radical (unpaired) electrons. The first kappa shape index (κ1) is 9.41. The zero-order valence-corrected chi connectivity index (χ0v) is 9.64. The van der Waals surface area contributed by atoms with E-state index in [1.54, 1.807) is 11.1 Å². The van der Waals surface area contributed by atoms with Gasteiger partial charge in [-0.3, -0.25) is 0 Å². The predicted molar refractivity (Wildman–Crippen MR) is 63.0 cm³/mol. The Bertz CT molecular complexity index is 386. The molecule has 2 fully saturated rings. The van der Waals surface area contributed by atoms with Gasteiger partial charge in [-0.2, -0.15) is 0 Å². The summed E-state index contributed by atoms with van der Waals surface area (Å²) in [6.07, 6.45) is 5.33. The largest absolute Gasteiger partial charge is 0.310 e. The van der Waals surface area contributed by atoms with Gasteiger partial charge in [0.05, 0.1) is 0 Å². The van der Waals surface area contributed by atoms with Gasteiger partial charge < -0.3 is 5.32 Å². The van der Waals surface area contributed by atoms with Crippen molar-refractivity contribution >= 4 is 0 Å². The smallest absolute Gasteiger partial charge is 0.0436 e. The van der Waals surface area contributed by atoms with Crippen molar-refractivity contribution in [3.05, 3.63) is 35.4 Å². The molecule has 0 heterocycles. The van der Waals surface area contributed by atoms with Crippen molar-refractivity contribution in [2.75, 3.05) is 7.05 Å². The van der Waals surface area contributed by atoms with Crippen LogP contribution in [0.25, 0.3) is 0 Å². The number of hydrogen-bond acceptors (Lipinski definition) is 1. The first-order chi connectivity index (χ1) is 7.20. The molecule has 0 aromatic heterocycles. The SMILES string of the molecule is CNC1(c2ccccc2C2(C)CC2)CC1. The van der Waals surface area contributed by atoms with Crippen molar-refractivity contribution in [3.63, 3.8) is 0 Å². The van der Waals surface area contributed by atoms with Crippen molar-refractivity contribution in [2.24, 2.45) is 0 Å². The molecule has 1 aromatic carbocycles. The minimum atomic E-state index is 0.322. The zero-order valence-electron chi connectivity index (χ0n) is 9.64. The summed E-state index contributed by atoms with van der Waals surface area (Å²) in [5, 5.41) is 3.51.